The molecule has 1 unspecified atom stereocenters. The summed E-state index contributed by atoms with van der Waals surface area (Å²) in [7, 11) is 2.18. The SMILES string of the molecule is CCOCCCNCC(C)N(C)Cc1ccc(Br)cc1. The molecule has 0 aromatic heterocycles. The van der Waals surface area contributed by atoms with Gasteiger partial charge in [-0.15, -0.1) is 0 Å². The number of hydrogen-bond donors (Lipinski definition) is 1. The van der Waals surface area contributed by atoms with Gasteiger partial charge in [-0.2, -0.15) is 0 Å². The number of likely N-dealkylation sites (N-methyl/N-ethyl adjacent to an activating group) is 1. The van der Waals surface area contributed by atoms with E-state index < -0.39 is 0 Å². The molecule has 0 radical (unpaired) electrons. The van der Waals surface area contributed by atoms with Gasteiger partial charge in [0.2, 0.25) is 0 Å². The average Bonchev–Trinajstić information content (AvgIpc) is 2.45. The molecule has 0 spiro atoms. The third-order valence-corrected chi connectivity index (χ3v) is 3.91. The molecule has 0 aliphatic carbocycles. The molecule has 1 rings (SSSR count). The van der Waals surface area contributed by atoms with Crippen molar-refractivity contribution in [3.05, 3.63) is 34.3 Å². The van der Waals surface area contributed by atoms with E-state index in [0.717, 1.165) is 43.7 Å². The molecular formula is C16H27BrN2O. The van der Waals surface area contributed by atoms with Crippen LogP contribution in [-0.2, 0) is 11.3 Å². The fourth-order valence-corrected chi connectivity index (χ4v) is 2.21. The van der Waals surface area contributed by atoms with Gasteiger partial charge in [-0.05, 0) is 51.6 Å². The van der Waals surface area contributed by atoms with Gasteiger partial charge >= 0.3 is 0 Å². The van der Waals surface area contributed by atoms with E-state index in [4.69, 9.17) is 4.74 Å². The molecule has 0 fully saturated rings. The number of ether oxygens (including phenoxy) is 1. The van der Waals surface area contributed by atoms with E-state index in [1.165, 1.54) is 5.56 Å². The molecule has 0 amide bonds. The molecular weight excluding hydrogens is 316 g/mol. The molecule has 1 atom stereocenters. The highest BCUT2D eigenvalue weighted by molar-refractivity contribution is 9.10. The highest BCUT2D eigenvalue weighted by Crippen LogP contribution is 2.12. The summed E-state index contributed by atoms with van der Waals surface area (Å²) in [5, 5.41) is 3.49. The number of hydrogen-bond acceptors (Lipinski definition) is 3. The zero-order valence-electron chi connectivity index (χ0n) is 12.9. The minimum atomic E-state index is 0.519. The van der Waals surface area contributed by atoms with E-state index in [0.29, 0.717) is 6.04 Å². The fraction of sp³-hybridized carbons (Fsp3) is 0.625. The van der Waals surface area contributed by atoms with Crippen molar-refractivity contribution in [2.75, 3.05) is 33.4 Å². The molecule has 20 heavy (non-hydrogen) atoms. The number of halogens is 1. The average molecular weight is 343 g/mol. The van der Waals surface area contributed by atoms with Crippen LogP contribution in [0.5, 0.6) is 0 Å². The van der Waals surface area contributed by atoms with Gasteiger partial charge in [0, 0.05) is 36.8 Å². The van der Waals surface area contributed by atoms with Crippen LogP contribution < -0.4 is 5.32 Å². The number of benzene rings is 1. The lowest BCUT2D eigenvalue weighted by Crippen LogP contribution is -2.38. The fourth-order valence-electron chi connectivity index (χ4n) is 1.94. The number of nitrogens with zero attached hydrogens (tertiary/aromatic N) is 1. The van der Waals surface area contributed by atoms with Crippen molar-refractivity contribution in [2.45, 2.75) is 32.9 Å². The van der Waals surface area contributed by atoms with E-state index in [2.05, 4.69) is 64.4 Å². The molecule has 3 nitrogen and oxygen atoms in total. The topological polar surface area (TPSA) is 24.5 Å². The Morgan fingerprint density at radius 3 is 2.65 bits per heavy atom. The standard InChI is InChI=1S/C16H27BrN2O/c1-4-20-11-5-10-18-12-14(2)19(3)13-15-6-8-16(17)9-7-15/h6-9,14,18H,4-5,10-13H2,1-3H3. The maximum atomic E-state index is 5.32. The van der Waals surface area contributed by atoms with Crippen molar-refractivity contribution in [2.24, 2.45) is 0 Å². The van der Waals surface area contributed by atoms with E-state index in [9.17, 15) is 0 Å². The van der Waals surface area contributed by atoms with E-state index in [1.807, 2.05) is 6.92 Å². The van der Waals surface area contributed by atoms with Gasteiger partial charge in [-0.1, -0.05) is 28.1 Å². The molecule has 0 aliphatic heterocycles. The number of rotatable bonds is 10. The Kier molecular flexibility index (Phi) is 9.10. The molecule has 0 saturated carbocycles. The van der Waals surface area contributed by atoms with Gasteiger partial charge in [0.05, 0.1) is 0 Å². The minimum Gasteiger partial charge on any atom is -0.382 e. The van der Waals surface area contributed by atoms with Crippen LogP contribution in [0, 0.1) is 0 Å². The van der Waals surface area contributed by atoms with Crippen LogP contribution >= 0.6 is 15.9 Å². The summed E-state index contributed by atoms with van der Waals surface area (Å²) in [5.41, 5.74) is 1.35. The lowest BCUT2D eigenvalue weighted by Gasteiger charge is -2.25. The molecule has 1 N–H and O–H groups in total. The highest BCUT2D eigenvalue weighted by atomic mass is 79.9. The van der Waals surface area contributed by atoms with E-state index >= 15 is 0 Å². The van der Waals surface area contributed by atoms with Crippen molar-refractivity contribution < 1.29 is 4.74 Å². The van der Waals surface area contributed by atoms with Crippen molar-refractivity contribution in [3.63, 3.8) is 0 Å². The van der Waals surface area contributed by atoms with Gasteiger partial charge in [0.25, 0.3) is 0 Å². The van der Waals surface area contributed by atoms with Gasteiger partial charge in [0.1, 0.15) is 0 Å². The van der Waals surface area contributed by atoms with Gasteiger partial charge in [-0.25, -0.2) is 0 Å². The van der Waals surface area contributed by atoms with Gasteiger partial charge in [-0.3, -0.25) is 4.90 Å². The molecule has 0 bridgehead atoms. The second kappa shape index (κ2) is 10.3. The summed E-state index contributed by atoms with van der Waals surface area (Å²) in [6.07, 6.45) is 1.08. The maximum Gasteiger partial charge on any atom is 0.0477 e. The van der Waals surface area contributed by atoms with Crippen molar-refractivity contribution >= 4 is 15.9 Å². The molecule has 0 heterocycles. The second-order valence-electron chi connectivity index (χ2n) is 5.15. The van der Waals surface area contributed by atoms with Crippen molar-refractivity contribution in [1.29, 1.82) is 0 Å². The third-order valence-electron chi connectivity index (χ3n) is 3.38. The van der Waals surface area contributed by atoms with Gasteiger partial charge in [0.15, 0.2) is 0 Å². The molecule has 1 aromatic rings. The summed E-state index contributed by atoms with van der Waals surface area (Å²) in [5.74, 6) is 0. The van der Waals surface area contributed by atoms with Crippen molar-refractivity contribution in [3.8, 4) is 0 Å². The normalized spacial score (nSPS) is 12.8. The summed E-state index contributed by atoms with van der Waals surface area (Å²) in [6, 6.07) is 9.05. The molecule has 4 heteroatoms. The Bertz CT molecular complexity index is 356. The Morgan fingerprint density at radius 2 is 2.00 bits per heavy atom. The highest BCUT2D eigenvalue weighted by Gasteiger charge is 2.09. The van der Waals surface area contributed by atoms with Crippen LogP contribution in [0.25, 0.3) is 0 Å². The first-order valence-electron chi connectivity index (χ1n) is 7.36. The van der Waals surface area contributed by atoms with Crippen LogP contribution in [0.4, 0.5) is 0 Å². The summed E-state index contributed by atoms with van der Waals surface area (Å²) >= 11 is 3.47. The van der Waals surface area contributed by atoms with Crippen LogP contribution in [0.1, 0.15) is 25.8 Å². The lowest BCUT2D eigenvalue weighted by molar-refractivity contribution is 0.144. The van der Waals surface area contributed by atoms with Crippen molar-refractivity contribution in [1.82, 2.24) is 10.2 Å². The first-order chi connectivity index (χ1) is 9.63. The Hall–Kier alpha value is -0.420. The predicted octanol–water partition coefficient (Wildman–Crippen LogP) is 3.29. The predicted molar refractivity (Wildman–Crippen MR) is 89.1 cm³/mol. The minimum absolute atomic E-state index is 0.519. The Morgan fingerprint density at radius 1 is 1.30 bits per heavy atom. The van der Waals surface area contributed by atoms with Gasteiger partial charge < -0.3 is 10.1 Å². The summed E-state index contributed by atoms with van der Waals surface area (Å²) in [6.45, 7) is 8.98. The monoisotopic (exact) mass is 342 g/mol. The maximum absolute atomic E-state index is 5.32. The third kappa shape index (κ3) is 7.39. The molecule has 0 saturated heterocycles. The Labute approximate surface area is 131 Å². The van der Waals surface area contributed by atoms with Crippen LogP contribution in [-0.4, -0.2) is 44.3 Å². The van der Waals surface area contributed by atoms with Crippen LogP contribution in [0.15, 0.2) is 28.7 Å². The zero-order valence-corrected chi connectivity index (χ0v) is 14.4. The summed E-state index contributed by atoms with van der Waals surface area (Å²) in [4.78, 5) is 2.37. The first kappa shape index (κ1) is 17.6. The van der Waals surface area contributed by atoms with E-state index in [1.54, 1.807) is 0 Å². The molecule has 1 aromatic carbocycles. The number of nitrogens with one attached hydrogen (secondary N) is 1. The second-order valence-corrected chi connectivity index (χ2v) is 6.06. The largest absolute Gasteiger partial charge is 0.382 e. The smallest absolute Gasteiger partial charge is 0.0477 e. The first-order valence-corrected chi connectivity index (χ1v) is 8.16. The Balaban J connectivity index is 2.18. The van der Waals surface area contributed by atoms with E-state index in [-0.39, 0.29) is 0 Å². The quantitative estimate of drug-likeness (QED) is 0.660. The zero-order chi connectivity index (χ0) is 14.8. The van der Waals surface area contributed by atoms with Crippen LogP contribution in [0.2, 0.25) is 0 Å². The lowest BCUT2D eigenvalue weighted by atomic mass is 10.2. The summed E-state index contributed by atoms with van der Waals surface area (Å²) < 4.78 is 6.45. The van der Waals surface area contributed by atoms with Crippen LogP contribution in [0.3, 0.4) is 0 Å². The molecule has 0 aliphatic rings. The molecule has 114 valence electrons.